The Morgan fingerprint density at radius 2 is 1.87 bits per heavy atom. The van der Waals surface area contributed by atoms with Crippen LogP contribution in [-0.4, -0.2) is 53.3 Å². The number of carbonyl (C=O) groups is 2. The Labute approximate surface area is 136 Å². The van der Waals surface area contributed by atoms with Crippen LogP contribution in [0.4, 0.5) is 10.5 Å². The van der Waals surface area contributed by atoms with Gasteiger partial charge in [0.2, 0.25) is 0 Å². The molecule has 0 aromatic heterocycles. The van der Waals surface area contributed by atoms with Crippen molar-refractivity contribution >= 4 is 17.7 Å². The number of anilines is 1. The predicted octanol–water partition coefficient (Wildman–Crippen LogP) is 2.83. The summed E-state index contributed by atoms with van der Waals surface area (Å²) in [5.41, 5.74) is 0.453. The molecular weight excluding hydrogens is 296 g/mol. The summed E-state index contributed by atoms with van der Waals surface area (Å²) in [6, 6.07) is 6.97. The van der Waals surface area contributed by atoms with E-state index in [1.807, 2.05) is 44.7 Å². The van der Waals surface area contributed by atoms with E-state index in [4.69, 9.17) is 4.74 Å². The van der Waals surface area contributed by atoms with Crippen molar-refractivity contribution in [3.05, 3.63) is 29.8 Å². The highest BCUT2D eigenvalue weighted by molar-refractivity contribution is 5.94. The number of rotatable bonds is 2. The molecule has 0 unspecified atom stereocenters. The fourth-order valence-corrected chi connectivity index (χ4v) is 2.71. The molecule has 0 spiro atoms. The summed E-state index contributed by atoms with van der Waals surface area (Å²) in [7, 11) is 0. The number of aromatic carboxylic acids is 1. The second-order valence-electron chi connectivity index (χ2n) is 6.79. The minimum absolute atomic E-state index is 0.0109. The molecule has 1 aromatic carbocycles. The summed E-state index contributed by atoms with van der Waals surface area (Å²) in [5, 5.41) is 9.34. The van der Waals surface area contributed by atoms with Crippen LogP contribution in [0.1, 0.15) is 38.1 Å². The maximum absolute atomic E-state index is 12.2. The third-order valence-electron chi connectivity index (χ3n) is 3.72. The second-order valence-corrected chi connectivity index (χ2v) is 6.79. The second kappa shape index (κ2) is 6.48. The summed E-state index contributed by atoms with van der Waals surface area (Å²) < 4.78 is 5.40. The summed E-state index contributed by atoms with van der Waals surface area (Å²) in [5.74, 6) is -0.942. The van der Waals surface area contributed by atoms with E-state index in [9.17, 15) is 14.7 Å². The van der Waals surface area contributed by atoms with Crippen molar-refractivity contribution in [2.45, 2.75) is 39.3 Å². The van der Waals surface area contributed by atoms with E-state index < -0.39 is 11.6 Å². The number of hydrogen-bond acceptors (Lipinski definition) is 4. The Morgan fingerprint density at radius 3 is 2.43 bits per heavy atom. The zero-order chi connectivity index (χ0) is 17.2. The van der Waals surface area contributed by atoms with Crippen LogP contribution in [0, 0.1) is 0 Å². The van der Waals surface area contributed by atoms with Gasteiger partial charge in [-0.3, -0.25) is 0 Å². The molecule has 1 saturated heterocycles. The standard InChI is InChI=1S/C17H24N2O4/c1-12-11-18(16(22)23-17(2,3)4)9-10-19(12)14-8-6-5-7-13(14)15(20)21/h5-8,12H,9-11H2,1-4H3,(H,20,21)/t12-/m1/s1. The molecule has 23 heavy (non-hydrogen) atoms. The number of ether oxygens (including phenoxy) is 1. The lowest BCUT2D eigenvalue weighted by atomic mass is 10.1. The Balaban J connectivity index is 2.11. The minimum atomic E-state index is -0.942. The molecule has 1 aliphatic heterocycles. The van der Waals surface area contributed by atoms with E-state index in [1.165, 1.54) is 0 Å². The van der Waals surface area contributed by atoms with Gasteiger partial charge in [-0.05, 0) is 39.8 Å². The first-order valence-electron chi connectivity index (χ1n) is 7.76. The van der Waals surface area contributed by atoms with E-state index in [0.717, 1.165) is 0 Å². The molecule has 1 heterocycles. The van der Waals surface area contributed by atoms with Gasteiger partial charge in [0.15, 0.2) is 0 Å². The largest absolute Gasteiger partial charge is 0.478 e. The molecule has 2 rings (SSSR count). The van der Waals surface area contributed by atoms with Crippen molar-refractivity contribution in [2.24, 2.45) is 0 Å². The molecule has 6 nitrogen and oxygen atoms in total. The lowest BCUT2D eigenvalue weighted by Crippen LogP contribution is -2.54. The van der Waals surface area contributed by atoms with Crippen LogP contribution in [-0.2, 0) is 4.74 Å². The van der Waals surface area contributed by atoms with Crippen LogP contribution >= 0.6 is 0 Å². The number of carboxylic acid groups (broad SMARTS) is 1. The first-order valence-corrected chi connectivity index (χ1v) is 7.76. The highest BCUT2D eigenvalue weighted by Gasteiger charge is 2.31. The topological polar surface area (TPSA) is 70.1 Å². The zero-order valence-electron chi connectivity index (χ0n) is 14.1. The van der Waals surface area contributed by atoms with Gasteiger partial charge in [-0.15, -0.1) is 0 Å². The first kappa shape index (κ1) is 17.1. The summed E-state index contributed by atoms with van der Waals surface area (Å²) in [6.07, 6.45) is -0.324. The quantitative estimate of drug-likeness (QED) is 0.907. The van der Waals surface area contributed by atoms with Gasteiger partial charge in [-0.2, -0.15) is 0 Å². The van der Waals surface area contributed by atoms with E-state index in [1.54, 1.807) is 17.0 Å². The monoisotopic (exact) mass is 320 g/mol. The molecule has 1 atom stereocenters. The molecule has 1 amide bonds. The fourth-order valence-electron chi connectivity index (χ4n) is 2.71. The highest BCUT2D eigenvalue weighted by Crippen LogP contribution is 2.25. The predicted molar refractivity (Wildman–Crippen MR) is 88.0 cm³/mol. The third kappa shape index (κ3) is 4.15. The Morgan fingerprint density at radius 1 is 1.22 bits per heavy atom. The van der Waals surface area contributed by atoms with E-state index in [2.05, 4.69) is 0 Å². The van der Waals surface area contributed by atoms with Crippen LogP contribution in [0.25, 0.3) is 0 Å². The number of hydrogen-bond donors (Lipinski definition) is 1. The maximum Gasteiger partial charge on any atom is 0.410 e. The van der Waals surface area contributed by atoms with Crippen LogP contribution in [0.3, 0.4) is 0 Å². The molecule has 1 fully saturated rings. The number of piperazine rings is 1. The van der Waals surface area contributed by atoms with Gasteiger partial charge in [0.1, 0.15) is 5.60 Å². The Hall–Kier alpha value is -2.24. The smallest absolute Gasteiger partial charge is 0.410 e. The van der Waals surface area contributed by atoms with Crippen LogP contribution in [0.2, 0.25) is 0 Å². The lowest BCUT2D eigenvalue weighted by molar-refractivity contribution is 0.0218. The summed E-state index contributed by atoms with van der Waals surface area (Å²) in [4.78, 5) is 27.3. The molecular formula is C17H24N2O4. The Bertz CT molecular complexity index is 595. The van der Waals surface area contributed by atoms with E-state index in [0.29, 0.717) is 25.3 Å². The number of carbonyl (C=O) groups excluding carboxylic acids is 1. The first-order chi connectivity index (χ1) is 10.7. The van der Waals surface area contributed by atoms with Gasteiger partial charge in [-0.1, -0.05) is 12.1 Å². The van der Waals surface area contributed by atoms with Crippen molar-refractivity contribution in [3.8, 4) is 0 Å². The van der Waals surface area contributed by atoms with Gasteiger partial charge >= 0.3 is 12.1 Å². The third-order valence-corrected chi connectivity index (χ3v) is 3.72. The number of nitrogens with zero attached hydrogens (tertiary/aromatic N) is 2. The molecule has 0 aliphatic carbocycles. The SMILES string of the molecule is C[C@@H]1CN(C(=O)OC(C)(C)C)CCN1c1ccccc1C(=O)O. The van der Waals surface area contributed by atoms with Crippen molar-refractivity contribution in [1.82, 2.24) is 4.90 Å². The van der Waals surface area contributed by atoms with E-state index in [-0.39, 0.29) is 17.7 Å². The number of para-hydroxylation sites is 1. The van der Waals surface area contributed by atoms with Crippen molar-refractivity contribution < 1.29 is 19.4 Å². The molecule has 1 aliphatic rings. The molecule has 0 radical (unpaired) electrons. The van der Waals surface area contributed by atoms with Crippen molar-refractivity contribution in [1.29, 1.82) is 0 Å². The summed E-state index contributed by atoms with van der Waals surface area (Å²) >= 11 is 0. The fraction of sp³-hybridized carbons (Fsp3) is 0.529. The van der Waals surface area contributed by atoms with Gasteiger partial charge in [0, 0.05) is 25.7 Å². The zero-order valence-corrected chi connectivity index (χ0v) is 14.1. The minimum Gasteiger partial charge on any atom is -0.478 e. The molecule has 126 valence electrons. The summed E-state index contributed by atoms with van der Waals surface area (Å²) in [6.45, 7) is 9.09. The van der Waals surface area contributed by atoms with Gasteiger partial charge in [-0.25, -0.2) is 9.59 Å². The highest BCUT2D eigenvalue weighted by atomic mass is 16.6. The molecule has 1 aromatic rings. The van der Waals surface area contributed by atoms with Gasteiger partial charge in [0.25, 0.3) is 0 Å². The molecule has 0 bridgehead atoms. The number of benzene rings is 1. The molecule has 6 heteroatoms. The molecule has 0 saturated carbocycles. The van der Waals surface area contributed by atoms with Crippen molar-refractivity contribution in [3.63, 3.8) is 0 Å². The number of carboxylic acids is 1. The molecule has 1 N–H and O–H groups in total. The normalized spacial score (nSPS) is 18.7. The van der Waals surface area contributed by atoms with Crippen LogP contribution in [0.5, 0.6) is 0 Å². The van der Waals surface area contributed by atoms with Gasteiger partial charge in [0.05, 0.1) is 11.3 Å². The average Bonchev–Trinajstić information content (AvgIpc) is 2.45. The van der Waals surface area contributed by atoms with Crippen LogP contribution < -0.4 is 4.90 Å². The number of amides is 1. The van der Waals surface area contributed by atoms with Crippen LogP contribution in [0.15, 0.2) is 24.3 Å². The van der Waals surface area contributed by atoms with Gasteiger partial charge < -0.3 is 19.6 Å². The lowest BCUT2D eigenvalue weighted by Gasteiger charge is -2.41. The van der Waals surface area contributed by atoms with Crippen molar-refractivity contribution in [2.75, 3.05) is 24.5 Å². The average molecular weight is 320 g/mol. The van der Waals surface area contributed by atoms with E-state index >= 15 is 0 Å². The maximum atomic E-state index is 12.2. The Kier molecular flexibility index (Phi) is 4.82.